The summed E-state index contributed by atoms with van der Waals surface area (Å²) in [6, 6.07) is -1.50. The minimum absolute atomic E-state index is 0.230. The predicted molar refractivity (Wildman–Crippen MR) is 120 cm³/mol. The van der Waals surface area contributed by atoms with Crippen molar-refractivity contribution in [1.29, 1.82) is 0 Å². The van der Waals surface area contributed by atoms with Crippen LogP contribution in [0, 0.1) is 0 Å². The third-order valence-electron chi connectivity index (χ3n) is 4.40. The highest BCUT2D eigenvalue weighted by Crippen LogP contribution is 2.23. The van der Waals surface area contributed by atoms with E-state index < -0.39 is 65.9 Å². The summed E-state index contributed by atoms with van der Waals surface area (Å²) in [5.74, 6) is -0.932. The van der Waals surface area contributed by atoms with Crippen molar-refractivity contribution in [2.24, 2.45) is 0 Å². The molecule has 0 aromatic heterocycles. The van der Waals surface area contributed by atoms with Gasteiger partial charge in [-0.25, -0.2) is 14.4 Å². The number of esters is 1. The smallest absolute Gasteiger partial charge is 0.420 e. The maximum Gasteiger partial charge on any atom is 0.420 e. The SMILES string of the molecule is C=CC(C)(C)O[C@H]1[C@H](C)OC(=O)[C@@H](N(C(=O)OC(C)(C)C)C(=O)OC(C)(C)C)COC[C@@H]1O. The molecule has 0 radical (unpaired) electrons. The van der Waals surface area contributed by atoms with Crippen molar-refractivity contribution < 1.29 is 43.2 Å². The molecule has 0 spiro atoms. The summed E-state index contributed by atoms with van der Waals surface area (Å²) in [6.07, 6.45) is -3.66. The average Bonchev–Trinajstić information content (AvgIpc) is 2.65. The van der Waals surface area contributed by atoms with E-state index >= 15 is 0 Å². The zero-order valence-electron chi connectivity index (χ0n) is 21.2. The predicted octanol–water partition coefficient (Wildman–Crippen LogP) is 3.20. The van der Waals surface area contributed by atoms with Crippen LogP contribution in [0.3, 0.4) is 0 Å². The zero-order chi connectivity index (χ0) is 25.8. The van der Waals surface area contributed by atoms with Crippen LogP contribution in [0.5, 0.6) is 0 Å². The molecule has 1 fully saturated rings. The normalized spacial score (nSPS) is 25.1. The van der Waals surface area contributed by atoms with Gasteiger partial charge in [-0.2, -0.15) is 4.90 Å². The van der Waals surface area contributed by atoms with E-state index in [1.54, 1.807) is 68.4 Å². The molecular weight excluding hydrogens is 434 g/mol. The molecule has 1 saturated heterocycles. The first-order chi connectivity index (χ1) is 14.9. The van der Waals surface area contributed by atoms with Crippen molar-refractivity contribution in [2.75, 3.05) is 13.2 Å². The van der Waals surface area contributed by atoms with E-state index in [1.165, 1.54) is 0 Å². The molecule has 10 heteroatoms. The van der Waals surface area contributed by atoms with Gasteiger partial charge in [-0.3, -0.25) is 0 Å². The number of amides is 2. The number of carbonyl (C=O) groups is 3. The summed E-state index contributed by atoms with van der Waals surface area (Å²) in [5, 5.41) is 10.6. The summed E-state index contributed by atoms with van der Waals surface area (Å²) in [6.45, 7) is 17.8. The molecule has 4 atom stereocenters. The first kappa shape index (κ1) is 28.9. The van der Waals surface area contributed by atoms with Crippen molar-refractivity contribution in [2.45, 2.75) is 103 Å². The van der Waals surface area contributed by atoms with E-state index in [9.17, 15) is 19.5 Å². The van der Waals surface area contributed by atoms with Crippen LogP contribution in [0.15, 0.2) is 12.7 Å². The van der Waals surface area contributed by atoms with Crippen molar-refractivity contribution in [1.82, 2.24) is 4.90 Å². The minimum atomic E-state index is -1.50. The Labute approximate surface area is 196 Å². The molecule has 1 aliphatic rings. The van der Waals surface area contributed by atoms with Crippen LogP contribution in [0.4, 0.5) is 9.59 Å². The Kier molecular flexibility index (Phi) is 9.48. The number of nitrogens with zero attached hydrogens (tertiary/aromatic N) is 1. The molecule has 190 valence electrons. The van der Waals surface area contributed by atoms with E-state index in [0.717, 1.165) is 0 Å². The number of aliphatic hydroxyl groups is 1. The number of hydrogen-bond acceptors (Lipinski definition) is 9. The molecule has 0 aliphatic carbocycles. The van der Waals surface area contributed by atoms with Crippen LogP contribution in [-0.2, 0) is 28.5 Å². The standard InChI is InChI=1S/C23H39NO9/c1-11-23(9,10)31-17-14(2)30-18(26)15(12-29-13-16(17)25)24(19(27)32-21(3,4)5)20(28)33-22(6,7)8/h11,14-17,25H,1,12-13H2,2-10H3/t14-,15-,16-,17-/m0/s1. The Balaban J connectivity index is 3.28. The topological polar surface area (TPSA) is 121 Å². The van der Waals surface area contributed by atoms with E-state index in [2.05, 4.69) is 6.58 Å². The van der Waals surface area contributed by atoms with Gasteiger partial charge >= 0.3 is 18.2 Å². The Hall–Kier alpha value is -2.17. The molecule has 1 heterocycles. The Morgan fingerprint density at radius 2 is 1.52 bits per heavy atom. The molecule has 1 rings (SSSR count). The quantitative estimate of drug-likeness (QED) is 0.373. The maximum absolute atomic E-state index is 13.1. The summed E-state index contributed by atoms with van der Waals surface area (Å²) >= 11 is 0. The molecule has 33 heavy (non-hydrogen) atoms. The van der Waals surface area contributed by atoms with E-state index in [-0.39, 0.29) is 6.61 Å². The van der Waals surface area contributed by atoms with Crippen molar-refractivity contribution >= 4 is 18.2 Å². The number of aliphatic hydroxyl groups excluding tert-OH is 1. The Bertz CT molecular complexity index is 692. The summed E-state index contributed by atoms with van der Waals surface area (Å²) in [5.41, 5.74) is -2.71. The van der Waals surface area contributed by atoms with Gasteiger partial charge in [0.15, 0.2) is 6.04 Å². The molecule has 1 N–H and O–H groups in total. The number of hydrogen-bond donors (Lipinski definition) is 1. The van der Waals surface area contributed by atoms with Crippen LogP contribution < -0.4 is 0 Å². The number of carbonyl (C=O) groups excluding carboxylic acids is 3. The van der Waals surface area contributed by atoms with Gasteiger partial charge in [-0.05, 0) is 62.3 Å². The first-order valence-electron chi connectivity index (χ1n) is 10.9. The fraction of sp³-hybridized carbons (Fsp3) is 0.783. The van der Waals surface area contributed by atoms with Crippen molar-refractivity contribution in [3.63, 3.8) is 0 Å². The Morgan fingerprint density at radius 1 is 1.03 bits per heavy atom. The molecule has 0 aromatic carbocycles. The summed E-state index contributed by atoms with van der Waals surface area (Å²) in [4.78, 5) is 39.4. The van der Waals surface area contributed by atoms with Gasteiger partial charge in [0.25, 0.3) is 0 Å². The molecule has 0 unspecified atom stereocenters. The van der Waals surface area contributed by atoms with Crippen molar-refractivity contribution in [3.05, 3.63) is 12.7 Å². The lowest BCUT2D eigenvalue weighted by Crippen LogP contribution is -2.54. The molecule has 0 bridgehead atoms. The molecule has 0 saturated carbocycles. The lowest BCUT2D eigenvalue weighted by molar-refractivity contribution is -0.177. The molecule has 2 amide bonds. The maximum atomic E-state index is 13.1. The van der Waals surface area contributed by atoms with Crippen LogP contribution >= 0.6 is 0 Å². The third-order valence-corrected chi connectivity index (χ3v) is 4.40. The number of rotatable bonds is 4. The number of cyclic esters (lactones) is 1. The van der Waals surface area contributed by atoms with Crippen LogP contribution in [0.25, 0.3) is 0 Å². The molecule has 10 nitrogen and oxygen atoms in total. The fourth-order valence-electron chi connectivity index (χ4n) is 2.81. The Morgan fingerprint density at radius 3 is 1.94 bits per heavy atom. The largest absolute Gasteiger partial charge is 0.458 e. The highest BCUT2D eigenvalue weighted by Gasteiger charge is 2.44. The van der Waals surface area contributed by atoms with E-state index in [4.69, 9.17) is 23.7 Å². The van der Waals surface area contributed by atoms with Gasteiger partial charge in [0, 0.05) is 0 Å². The van der Waals surface area contributed by atoms with E-state index in [1.807, 2.05) is 0 Å². The van der Waals surface area contributed by atoms with Gasteiger partial charge in [0.2, 0.25) is 0 Å². The lowest BCUT2D eigenvalue weighted by atomic mass is 10.1. The minimum Gasteiger partial charge on any atom is -0.458 e. The lowest BCUT2D eigenvalue weighted by Gasteiger charge is -2.34. The highest BCUT2D eigenvalue weighted by molar-refractivity contribution is 5.94. The van der Waals surface area contributed by atoms with E-state index in [0.29, 0.717) is 4.90 Å². The van der Waals surface area contributed by atoms with Gasteiger partial charge in [0.1, 0.15) is 29.5 Å². The second-order valence-corrected chi connectivity index (χ2v) is 10.5. The first-order valence-corrected chi connectivity index (χ1v) is 10.9. The molecule has 0 aromatic rings. The highest BCUT2D eigenvalue weighted by atomic mass is 16.6. The monoisotopic (exact) mass is 473 g/mol. The average molecular weight is 474 g/mol. The van der Waals surface area contributed by atoms with Gasteiger partial charge < -0.3 is 28.8 Å². The van der Waals surface area contributed by atoms with Gasteiger partial charge in [-0.15, -0.1) is 6.58 Å². The second-order valence-electron chi connectivity index (χ2n) is 10.5. The van der Waals surface area contributed by atoms with Crippen LogP contribution in [0.2, 0.25) is 0 Å². The van der Waals surface area contributed by atoms with Crippen LogP contribution in [0.1, 0.15) is 62.3 Å². The number of ether oxygens (including phenoxy) is 5. The zero-order valence-corrected chi connectivity index (χ0v) is 21.2. The molecule has 1 aliphatic heterocycles. The number of imide groups is 1. The van der Waals surface area contributed by atoms with Gasteiger partial charge in [0.05, 0.1) is 18.8 Å². The molecular formula is C23H39NO9. The van der Waals surface area contributed by atoms with Crippen LogP contribution in [-0.4, -0.2) is 82.5 Å². The van der Waals surface area contributed by atoms with Crippen molar-refractivity contribution in [3.8, 4) is 0 Å². The fourth-order valence-corrected chi connectivity index (χ4v) is 2.81. The summed E-state index contributed by atoms with van der Waals surface area (Å²) < 4.78 is 27.6. The summed E-state index contributed by atoms with van der Waals surface area (Å²) in [7, 11) is 0. The van der Waals surface area contributed by atoms with Gasteiger partial charge in [-0.1, -0.05) is 6.08 Å². The second kappa shape index (κ2) is 10.8. The third kappa shape index (κ3) is 9.30.